The largest absolute Gasteiger partial charge is 0.481 e. The molecular formula is C20H25NO3S. The first-order valence-corrected chi connectivity index (χ1v) is 9.79. The Morgan fingerprint density at radius 3 is 2.56 bits per heavy atom. The molecule has 3 rings (SSSR count). The second kappa shape index (κ2) is 7.24. The molecule has 5 heteroatoms. The number of aliphatic carboxylic acids is 1. The predicted octanol–water partition coefficient (Wildman–Crippen LogP) is 4.07. The molecule has 2 aliphatic rings. The number of thioether (sulfide) groups is 1. The van der Waals surface area contributed by atoms with Gasteiger partial charge < -0.3 is 10.0 Å². The highest BCUT2D eigenvalue weighted by molar-refractivity contribution is 7.99. The van der Waals surface area contributed by atoms with Crippen LogP contribution in [0.25, 0.3) is 0 Å². The van der Waals surface area contributed by atoms with E-state index >= 15 is 0 Å². The highest BCUT2D eigenvalue weighted by atomic mass is 32.2. The van der Waals surface area contributed by atoms with Crippen molar-refractivity contribution in [1.29, 1.82) is 0 Å². The van der Waals surface area contributed by atoms with E-state index in [2.05, 4.69) is 19.9 Å². The number of hydrogen-bond acceptors (Lipinski definition) is 3. The Morgan fingerprint density at radius 2 is 1.96 bits per heavy atom. The van der Waals surface area contributed by atoms with E-state index in [4.69, 9.17) is 0 Å². The number of amides is 1. The summed E-state index contributed by atoms with van der Waals surface area (Å²) < 4.78 is 0. The number of carbonyl (C=O) groups excluding carboxylic acids is 1. The Hall–Kier alpha value is -1.75. The summed E-state index contributed by atoms with van der Waals surface area (Å²) in [5.74, 6) is 0.0517. The number of allylic oxidation sites excluding steroid dienone is 1. The molecule has 1 saturated carbocycles. The first-order valence-electron chi connectivity index (χ1n) is 8.80. The molecule has 134 valence electrons. The second-order valence-corrected chi connectivity index (χ2v) is 8.40. The molecule has 1 unspecified atom stereocenters. The van der Waals surface area contributed by atoms with Crippen molar-refractivity contribution in [2.24, 2.45) is 11.3 Å². The summed E-state index contributed by atoms with van der Waals surface area (Å²) >= 11 is 1.68. The third-order valence-electron chi connectivity index (χ3n) is 5.38. The van der Waals surface area contributed by atoms with E-state index in [1.807, 2.05) is 29.2 Å². The van der Waals surface area contributed by atoms with Crippen LogP contribution in [0, 0.1) is 11.3 Å². The van der Waals surface area contributed by atoms with Crippen LogP contribution in [0.4, 0.5) is 0 Å². The van der Waals surface area contributed by atoms with Gasteiger partial charge in [0, 0.05) is 23.7 Å². The van der Waals surface area contributed by atoms with Gasteiger partial charge in [-0.3, -0.25) is 9.59 Å². The normalized spacial score (nSPS) is 21.0. The maximum Gasteiger partial charge on any atom is 0.307 e. The summed E-state index contributed by atoms with van der Waals surface area (Å²) in [5, 5.41) is 9.19. The lowest BCUT2D eigenvalue weighted by Crippen LogP contribution is -2.40. The Labute approximate surface area is 153 Å². The lowest BCUT2D eigenvalue weighted by molar-refractivity contribution is -0.139. The van der Waals surface area contributed by atoms with Gasteiger partial charge in [-0.15, -0.1) is 11.8 Å². The van der Waals surface area contributed by atoms with Crippen molar-refractivity contribution in [1.82, 2.24) is 4.90 Å². The average molecular weight is 359 g/mol. The summed E-state index contributed by atoms with van der Waals surface area (Å²) in [7, 11) is 0. The van der Waals surface area contributed by atoms with Crippen LogP contribution in [0.3, 0.4) is 0 Å². The number of carbonyl (C=O) groups is 2. The lowest BCUT2D eigenvalue weighted by Gasteiger charge is -2.33. The third-order valence-corrected chi connectivity index (χ3v) is 6.38. The summed E-state index contributed by atoms with van der Waals surface area (Å²) in [5.41, 5.74) is 1.99. The highest BCUT2D eigenvalue weighted by Crippen LogP contribution is 2.59. The molecule has 4 nitrogen and oxygen atoms in total. The van der Waals surface area contributed by atoms with Crippen molar-refractivity contribution >= 4 is 23.6 Å². The second-order valence-electron chi connectivity index (χ2n) is 7.34. The van der Waals surface area contributed by atoms with Gasteiger partial charge in [-0.1, -0.05) is 23.8 Å². The van der Waals surface area contributed by atoms with Crippen LogP contribution < -0.4 is 0 Å². The van der Waals surface area contributed by atoms with Gasteiger partial charge in [0.25, 0.3) is 5.91 Å². The fraction of sp³-hybridized carbons (Fsp3) is 0.500. The predicted molar refractivity (Wildman–Crippen MR) is 99.9 cm³/mol. The van der Waals surface area contributed by atoms with Crippen molar-refractivity contribution in [3.63, 3.8) is 0 Å². The van der Waals surface area contributed by atoms with E-state index in [0.29, 0.717) is 13.1 Å². The minimum Gasteiger partial charge on any atom is -0.481 e. The molecule has 0 aromatic heterocycles. The van der Waals surface area contributed by atoms with E-state index in [1.165, 1.54) is 5.57 Å². The summed E-state index contributed by atoms with van der Waals surface area (Å²) in [4.78, 5) is 27.0. The maximum absolute atomic E-state index is 12.9. The average Bonchev–Trinajstić information content (AvgIpc) is 3.29. The standard InChI is InChI=1S/C20H25NO3S/c1-14(2)7-12-25-17-6-4-3-5-15(17)18(22)21-10-8-20(9-11-21)13-16(20)19(23)24/h3-7,16H,8-13H2,1-2H3,(H,23,24). The van der Waals surface area contributed by atoms with Gasteiger partial charge >= 0.3 is 5.97 Å². The quantitative estimate of drug-likeness (QED) is 0.636. The fourth-order valence-electron chi connectivity index (χ4n) is 3.64. The minimum atomic E-state index is -0.680. The number of carboxylic acids is 1. The molecule has 1 aromatic carbocycles. The molecule has 2 fully saturated rings. The van der Waals surface area contributed by atoms with Gasteiger partial charge in [0.15, 0.2) is 0 Å². The van der Waals surface area contributed by atoms with Crippen molar-refractivity contribution in [2.45, 2.75) is 38.0 Å². The zero-order valence-electron chi connectivity index (χ0n) is 14.8. The number of nitrogens with zero attached hydrogens (tertiary/aromatic N) is 1. The van der Waals surface area contributed by atoms with Gasteiger partial charge in [0.1, 0.15) is 0 Å². The van der Waals surface area contributed by atoms with Crippen molar-refractivity contribution in [3.05, 3.63) is 41.5 Å². The van der Waals surface area contributed by atoms with E-state index in [-0.39, 0.29) is 17.2 Å². The molecule has 1 aliphatic heterocycles. The van der Waals surface area contributed by atoms with E-state index < -0.39 is 5.97 Å². The molecule has 1 N–H and O–H groups in total. The molecule has 1 spiro atoms. The molecule has 1 saturated heterocycles. The van der Waals surface area contributed by atoms with Crippen LogP contribution in [0.1, 0.15) is 43.5 Å². The fourth-order valence-corrected chi connectivity index (χ4v) is 4.72. The molecule has 25 heavy (non-hydrogen) atoms. The molecule has 1 aliphatic carbocycles. The Kier molecular flexibility index (Phi) is 5.23. The first-order chi connectivity index (χ1) is 11.9. The number of likely N-dealkylation sites (tertiary alicyclic amines) is 1. The van der Waals surface area contributed by atoms with E-state index in [9.17, 15) is 14.7 Å². The molecule has 0 radical (unpaired) electrons. The summed E-state index contributed by atoms with van der Waals surface area (Å²) in [6.45, 7) is 5.47. The van der Waals surface area contributed by atoms with Crippen molar-refractivity contribution in [3.8, 4) is 0 Å². The zero-order valence-corrected chi connectivity index (χ0v) is 15.6. The van der Waals surface area contributed by atoms with Crippen LogP contribution in [-0.4, -0.2) is 40.7 Å². The van der Waals surface area contributed by atoms with Gasteiger partial charge in [-0.25, -0.2) is 0 Å². The SMILES string of the molecule is CC(C)=CCSc1ccccc1C(=O)N1CCC2(CC1)CC2C(=O)O. The zero-order chi connectivity index (χ0) is 18.0. The molecule has 1 amide bonds. The molecule has 0 bridgehead atoms. The van der Waals surface area contributed by atoms with Crippen molar-refractivity contribution < 1.29 is 14.7 Å². The van der Waals surface area contributed by atoms with E-state index in [0.717, 1.165) is 35.5 Å². The van der Waals surface area contributed by atoms with Gasteiger partial charge in [0.2, 0.25) is 0 Å². The summed E-state index contributed by atoms with van der Waals surface area (Å²) in [6, 6.07) is 7.78. The first kappa shape index (κ1) is 18.1. The summed E-state index contributed by atoms with van der Waals surface area (Å²) in [6.07, 6.45) is 4.56. The van der Waals surface area contributed by atoms with Gasteiger partial charge in [-0.05, 0) is 50.7 Å². The number of carboxylic acid groups (broad SMARTS) is 1. The maximum atomic E-state index is 12.9. The molecule has 1 aromatic rings. The smallest absolute Gasteiger partial charge is 0.307 e. The molecule has 1 atom stereocenters. The molecule has 1 heterocycles. The lowest BCUT2D eigenvalue weighted by atomic mass is 9.90. The third kappa shape index (κ3) is 3.92. The van der Waals surface area contributed by atoms with Gasteiger partial charge in [0.05, 0.1) is 11.5 Å². The number of piperidine rings is 1. The highest BCUT2D eigenvalue weighted by Gasteiger charge is 2.59. The Bertz CT molecular complexity index is 701. The number of rotatable bonds is 5. The Morgan fingerprint density at radius 1 is 1.28 bits per heavy atom. The number of hydrogen-bond donors (Lipinski definition) is 1. The van der Waals surface area contributed by atoms with Crippen LogP contribution in [-0.2, 0) is 4.79 Å². The molecular weight excluding hydrogens is 334 g/mol. The van der Waals surface area contributed by atoms with Crippen LogP contribution in [0.2, 0.25) is 0 Å². The van der Waals surface area contributed by atoms with Gasteiger partial charge in [-0.2, -0.15) is 0 Å². The van der Waals surface area contributed by atoms with Crippen LogP contribution >= 0.6 is 11.8 Å². The monoisotopic (exact) mass is 359 g/mol. The minimum absolute atomic E-state index is 0.0413. The van der Waals surface area contributed by atoms with Crippen molar-refractivity contribution in [2.75, 3.05) is 18.8 Å². The van der Waals surface area contributed by atoms with E-state index in [1.54, 1.807) is 11.8 Å². The Balaban J connectivity index is 1.64. The topological polar surface area (TPSA) is 57.6 Å². The van der Waals surface area contributed by atoms with Crippen LogP contribution in [0.15, 0.2) is 40.8 Å². The van der Waals surface area contributed by atoms with Crippen LogP contribution in [0.5, 0.6) is 0 Å². The number of benzene rings is 1.